The van der Waals surface area contributed by atoms with Crippen LogP contribution in [0.15, 0.2) is 0 Å². The molecule has 0 saturated carbocycles. The Bertz CT molecular complexity index is 98.8. The summed E-state index contributed by atoms with van der Waals surface area (Å²) in [4.78, 5) is 0. The fraction of sp³-hybridized carbons (Fsp3) is 1.00. The lowest BCUT2D eigenvalue weighted by Crippen LogP contribution is -2.66. The second kappa shape index (κ2) is 1.74. The van der Waals surface area contributed by atoms with Crippen molar-refractivity contribution in [1.82, 2.24) is 10.6 Å². The van der Waals surface area contributed by atoms with Crippen LogP contribution in [0.3, 0.4) is 0 Å². The van der Waals surface area contributed by atoms with Gasteiger partial charge in [0.2, 0.25) is 0 Å². The minimum atomic E-state index is 0.865. The third-order valence-corrected chi connectivity index (χ3v) is 3.22. The van der Waals surface area contributed by atoms with Crippen molar-refractivity contribution in [2.75, 3.05) is 0 Å². The lowest BCUT2D eigenvalue weighted by Gasteiger charge is -2.51. The maximum Gasteiger partial charge on any atom is 0.00993 e. The van der Waals surface area contributed by atoms with Gasteiger partial charge in [0.05, 0.1) is 0 Å². The molecule has 0 unspecified atom stereocenters. The fourth-order valence-corrected chi connectivity index (χ4v) is 2.97. The van der Waals surface area contributed by atoms with E-state index in [1.54, 1.807) is 0 Å². The highest BCUT2D eigenvalue weighted by Gasteiger charge is 2.41. The number of rotatable bonds is 0. The summed E-state index contributed by atoms with van der Waals surface area (Å²) < 4.78 is 0. The van der Waals surface area contributed by atoms with Gasteiger partial charge in [0.25, 0.3) is 0 Å². The Morgan fingerprint density at radius 1 is 0.600 bits per heavy atom. The molecular formula is C8H14N2. The van der Waals surface area contributed by atoms with E-state index < -0.39 is 0 Å². The Balaban J connectivity index is 1.90. The van der Waals surface area contributed by atoms with Crippen LogP contribution in [-0.4, -0.2) is 24.2 Å². The minimum Gasteiger partial charge on any atom is -0.311 e. The standard InChI is InChI=1S/C8H14N2/c1-5-2-7-4-8(9-5)3-6(1)10-7/h5-10H,1-4H2. The van der Waals surface area contributed by atoms with E-state index in [9.17, 15) is 0 Å². The second-order valence-corrected chi connectivity index (χ2v) is 4.06. The molecule has 0 spiro atoms. The number of nitrogens with one attached hydrogen (secondary N) is 2. The van der Waals surface area contributed by atoms with E-state index in [0.717, 1.165) is 24.2 Å². The first kappa shape index (κ1) is 5.56. The van der Waals surface area contributed by atoms with Crippen LogP contribution < -0.4 is 10.6 Å². The van der Waals surface area contributed by atoms with Crippen molar-refractivity contribution in [3.63, 3.8) is 0 Å². The van der Waals surface area contributed by atoms with Crippen LogP contribution in [0, 0.1) is 0 Å². The molecule has 2 heteroatoms. The summed E-state index contributed by atoms with van der Waals surface area (Å²) in [6.45, 7) is 0. The molecule has 2 N–H and O–H groups in total. The predicted molar refractivity (Wildman–Crippen MR) is 39.9 cm³/mol. The van der Waals surface area contributed by atoms with Crippen LogP contribution in [0.4, 0.5) is 0 Å². The van der Waals surface area contributed by atoms with Gasteiger partial charge < -0.3 is 10.6 Å². The van der Waals surface area contributed by atoms with Crippen LogP contribution >= 0.6 is 0 Å². The quantitative estimate of drug-likeness (QED) is 0.501. The summed E-state index contributed by atoms with van der Waals surface area (Å²) >= 11 is 0. The molecule has 4 rings (SSSR count). The maximum atomic E-state index is 3.67. The van der Waals surface area contributed by atoms with Crippen LogP contribution in [0.2, 0.25) is 0 Å². The molecule has 0 atom stereocenters. The van der Waals surface area contributed by atoms with E-state index in [0.29, 0.717) is 0 Å². The molecule has 4 saturated heterocycles. The third-order valence-electron chi connectivity index (χ3n) is 3.22. The zero-order valence-corrected chi connectivity index (χ0v) is 6.14. The van der Waals surface area contributed by atoms with Crippen molar-refractivity contribution in [2.24, 2.45) is 0 Å². The molecule has 4 fully saturated rings. The Morgan fingerprint density at radius 3 is 1.20 bits per heavy atom. The van der Waals surface area contributed by atoms with Crippen molar-refractivity contribution >= 4 is 0 Å². The average molecular weight is 138 g/mol. The average Bonchev–Trinajstić information content (AvgIpc) is 1.82. The predicted octanol–water partition coefficient (Wildman–Crippen LogP) is 0.241. The van der Waals surface area contributed by atoms with E-state index in [2.05, 4.69) is 10.6 Å². The zero-order valence-electron chi connectivity index (χ0n) is 6.14. The molecule has 0 aromatic heterocycles. The van der Waals surface area contributed by atoms with E-state index in [1.807, 2.05) is 0 Å². The Kier molecular flexibility index (Phi) is 0.968. The molecule has 4 heterocycles. The fourth-order valence-electron chi connectivity index (χ4n) is 2.97. The molecule has 0 amide bonds. The van der Waals surface area contributed by atoms with Crippen molar-refractivity contribution in [1.29, 1.82) is 0 Å². The van der Waals surface area contributed by atoms with Gasteiger partial charge in [-0.3, -0.25) is 0 Å². The van der Waals surface area contributed by atoms with E-state index in [-0.39, 0.29) is 0 Å². The summed E-state index contributed by atoms with van der Waals surface area (Å²) in [6, 6.07) is 3.46. The summed E-state index contributed by atoms with van der Waals surface area (Å²) in [7, 11) is 0. The van der Waals surface area contributed by atoms with Crippen LogP contribution in [0.1, 0.15) is 25.7 Å². The van der Waals surface area contributed by atoms with Crippen LogP contribution in [-0.2, 0) is 0 Å². The first-order chi connectivity index (χ1) is 4.90. The molecular weight excluding hydrogens is 124 g/mol. The zero-order chi connectivity index (χ0) is 6.55. The van der Waals surface area contributed by atoms with Gasteiger partial charge in [-0.1, -0.05) is 0 Å². The SMILES string of the molecule is C1C2CC3CC(CC1N3)N2. The maximum absolute atomic E-state index is 3.67. The van der Waals surface area contributed by atoms with Gasteiger partial charge in [0, 0.05) is 24.2 Å². The van der Waals surface area contributed by atoms with E-state index in [1.165, 1.54) is 25.7 Å². The van der Waals surface area contributed by atoms with Gasteiger partial charge in [-0.05, 0) is 25.7 Å². The number of hydrogen-bond donors (Lipinski definition) is 2. The smallest absolute Gasteiger partial charge is 0.00993 e. The number of hydrogen-bond acceptors (Lipinski definition) is 2. The molecule has 4 bridgehead atoms. The number of piperidine rings is 4. The molecule has 4 aliphatic rings. The summed E-state index contributed by atoms with van der Waals surface area (Å²) in [5, 5.41) is 7.35. The first-order valence-corrected chi connectivity index (χ1v) is 4.42. The summed E-state index contributed by atoms with van der Waals surface area (Å²) in [6.07, 6.45) is 5.53. The van der Waals surface area contributed by atoms with Crippen molar-refractivity contribution < 1.29 is 0 Å². The topological polar surface area (TPSA) is 24.1 Å². The van der Waals surface area contributed by atoms with Gasteiger partial charge in [0.15, 0.2) is 0 Å². The van der Waals surface area contributed by atoms with Gasteiger partial charge in [-0.15, -0.1) is 0 Å². The molecule has 10 heavy (non-hydrogen) atoms. The molecule has 0 aliphatic carbocycles. The highest BCUT2D eigenvalue weighted by Crippen LogP contribution is 2.31. The Hall–Kier alpha value is -0.0800. The normalized spacial score (nSPS) is 57.6. The highest BCUT2D eigenvalue weighted by atomic mass is 15.1. The Morgan fingerprint density at radius 2 is 0.900 bits per heavy atom. The van der Waals surface area contributed by atoms with E-state index >= 15 is 0 Å². The molecule has 0 radical (unpaired) electrons. The highest BCUT2D eigenvalue weighted by molar-refractivity contribution is 5.03. The van der Waals surface area contributed by atoms with Gasteiger partial charge in [-0.25, -0.2) is 0 Å². The molecule has 2 nitrogen and oxygen atoms in total. The van der Waals surface area contributed by atoms with Crippen molar-refractivity contribution in [2.45, 2.75) is 49.9 Å². The van der Waals surface area contributed by atoms with Gasteiger partial charge in [0.1, 0.15) is 0 Å². The first-order valence-electron chi connectivity index (χ1n) is 4.42. The van der Waals surface area contributed by atoms with Gasteiger partial charge in [-0.2, -0.15) is 0 Å². The summed E-state index contributed by atoms with van der Waals surface area (Å²) in [5.41, 5.74) is 0. The van der Waals surface area contributed by atoms with E-state index in [4.69, 9.17) is 0 Å². The monoisotopic (exact) mass is 138 g/mol. The van der Waals surface area contributed by atoms with Crippen molar-refractivity contribution in [3.05, 3.63) is 0 Å². The lowest BCUT2D eigenvalue weighted by molar-refractivity contribution is 0.102. The lowest BCUT2D eigenvalue weighted by atomic mass is 9.76. The largest absolute Gasteiger partial charge is 0.311 e. The van der Waals surface area contributed by atoms with Crippen molar-refractivity contribution in [3.8, 4) is 0 Å². The molecule has 4 aliphatic heterocycles. The second-order valence-electron chi connectivity index (χ2n) is 4.06. The molecule has 0 aromatic carbocycles. The molecule has 0 aromatic rings. The van der Waals surface area contributed by atoms with Gasteiger partial charge >= 0.3 is 0 Å². The van der Waals surface area contributed by atoms with Crippen LogP contribution in [0.5, 0.6) is 0 Å². The third kappa shape index (κ3) is 0.663. The minimum absolute atomic E-state index is 0.865. The van der Waals surface area contributed by atoms with Crippen LogP contribution in [0.25, 0.3) is 0 Å². The summed E-state index contributed by atoms with van der Waals surface area (Å²) in [5.74, 6) is 0. The molecule has 56 valence electrons. The Labute approximate surface area is 61.4 Å².